The van der Waals surface area contributed by atoms with Crippen LogP contribution in [-0.4, -0.2) is 23.6 Å². The molecule has 0 aliphatic carbocycles. The fourth-order valence-corrected chi connectivity index (χ4v) is 1.58. The van der Waals surface area contributed by atoms with Gasteiger partial charge in [0, 0.05) is 16.5 Å². The van der Waals surface area contributed by atoms with Crippen molar-refractivity contribution in [1.82, 2.24) is 0 Å². The van der Waals surface area contributed by atoms with Crippen molar-refractivity contribution < 1.29 is 13.2 Å². The highest BCUT2D eigenvalue weighted by Crippen LogP contribution is 2.36. The number of hydrogen-bond acceptors (Lipinski definition) is 3. The molecule has 6 heteroatoms. The Bertz CT molecular complexity index is 371. The maximum Gasteiger partial charge on any atom is 0.446 e. The van der Waals surface area contributed by atoms with E-state index in [-0.39, 0.29) is 16.7 Å². The lowest BCUT2D eigenvalue weighted by Gasteiger charge is -2.04. The van der Waals surface area contributed by atoms with Gasteiger partial charge in [0.2, 0.25) is 0 Å². The van der Waals surface area contributed by atoms with Crippen LogP contribution in [0.15, 0.2) is 34.2 Å². The van der Waals surface area contributed by atoms with Crippen LogP contribution in [0.5, 0.6) is 0 Å². The fraction of sp³-hybridized carbons (Fsp3) is 0.200. The highest BCUT2D eigenvalue weighted by molar-refractivity contribution is 8.00. The molecule has 0 radical (unpaired) electrons. The van der Waals surface area contributed by atoms with Gasteiger partial charge < -0.3 is 0 Å². The number of thiocarbonyl (C=S) groups is 1. The fourth-order valence-electron chi connectivity index (χ4n) is 0.957. The summed E-state index contributed by atoms with van der Waals surface area (Å²) in [6.45, 7) is 0.425. The van der Waals surface area contributed by atoms with Crippen LogP contribution in [0.4, 0.5) is 13.2 Å². The maximum absolute atomic E-state index is 12.0. The van der Waals surface area contributed by atoms with Gasteiger partial charge in [-0.25, -0.2) is 0 Å². The summed E-state index contributed by atoms with van der Waals surface area (Å²) in [6.07, 6.45) is 1.57. The minimum absolute atomic E-state index is 0.130. The van der Waals surface area contributed by atoms with E-state index in [2.05, 4.69) is 17.2 Å². The van der Waals surface area contributed by atoms with Gasteiger partial charge >= 0.3 is 5.51 Å². The molecule has 0 aliphatic heterocycles. The van der Waals surface area contributed by atoms with Gasteiger partial charge in [0.05, 0.1) is 6.54 Å². The van der Waals surface area contributed by atoms with Crippen LogP contribution in [0.25, 0.3) is 0 Å². The van der Waals surface area contributed by atoms with E-state index in [1.807, 2.05) is 0 Å². The Morgan fingerprint density at radius 2 is 1.88 bits per heavy atom. The van der Waals surface area contributed by atoms with E-state index < -0.39 is 5.51 Å². The highest BCUT2D eigenvalue weighted by Gasteiger charge is 2.28. The number of halogens is 3. The second-order valence-corrected chi connectivity index (χ2v) is 4.25. The van der Waals surface area contributed by atoms with Gasteiger partial charge in [-0.3, -0.25) is 4.99 Å². The zero-order chi connectivity index (χ0) is 12.0. The molecule has 1 aromatic rings. The van der Waals surface area contributed by atoms with Crippen LogP contribution in [0.2, 0.25) is 0 Å². The number of aliphatic imine (C=N–C) groups is 1. The molecule has 0 atom stereocenters. The molecule has 0 unspecified atom stereocenters. The normalized spacial score (nSPS) is 11.9. The maximum atomic E-state index is 12.0. The lowest BCUT2D eigenvalue weighted by molar-refractivity contribution is -0.0328. The summed E-state index contributed by atoms with van der Waals surface area (Å²) in [5, 5.41) is 1.48. The van der Waals surface area contributed by atoms with Crippen molar-refractivity contribution >= 4 is 35.6 Å². The van der Waals surface area contributed by atoms with Gasteiger partial charge in [0.25, 0.3) is 0 Å². The van der Waals surface area contributed by atoms with Crippen molar-refractivity contribution in [3.05, 3.63) is 29.8 Å². The number of benzene rings is 1. The number of rotatable bonds is 4. The first-order chi connectivity index (χ1) is 7.51. The van der Waals surface area contributed by atoms with Crippen LogP contribution in [0, 0.1) is 0 Å². The molecule has 0 fully saturated rings. The topological polar surface area (TPSA) is 12.4 Å². The summed E-state index contributed by atoms with van der Waals surface area (Å²) >= 11 is 4.45. The monoisotopic (exact) mass is 263 g/mol. The van der Waals surface area contributed by atoms with Crippen molar-refractivity contribution in [1.29, 1.82) is 0 Å². The van der Waals surface area contributed by atoms with E-state index in [1.54, 1.807) is 18.3 Å². The Kier molecular flexibility index (Phi) is 4.95. The number of hydrogen-bond donors (Lipinski definition) is 0. The van der Waals surface area contributed by atoms with Gasteiger partial charge in [-0.2, -0.15) is 13.2 Å². The zero-order valence-electron chi connectivity index (χ0n) is 8.07. The summed E-state index contributed by atoms with van der Waals surface area (Å²) in [7, 11) is 0. The van der Waals surface area contributed by atoms with Crippen molar-refractivity contribution in [2.24, 2.45) is 4.99 Å². The van der Waals surface area contributed by atoms with Crippen LogP contribution in [0.1, 0.15) is 5.56 Å². The minimum Gasteiger partial charge on any atom is -0.288 e. The van der Waals surface area contributed by atoms with Gasteiger partial charge in [-0.15, -0.1) is 0 Å². The van der Waals surface area contributed by atoms with Crippen molar-refractivity contribution in [2.45, 2.75) is 10.4 Å². The molecular weight excluding hydrogens is 255 g/mol. The summed E-state index contributed by atoms with van der Waals surface area (Å²) in [6, 6.07) is 6.00. The predicted octanol–water partition coefficient (Wildman–Crippen LogP) is 3.72. The molecule has 0 aromatic heterocycles. The van der Waals surface area contributed by atoms with E-state index in [9.17, 15) is 13.2 Å². The zero-order valence-corrected chi connectivity index (χ0v) is 9.70. The first-order valence-electron chi connectivity index (χ1n) is 4.30. The SMILES string of the molecule is FC(F)(F)Sc1ccc(C=NCC=S)cc1. The van der Waals surface area contributed by atoms with E-state index >= 15 is 0 Å². The van der Waals surface area contributed by atoms with Gasteiger partial charge in [-0.1, -0.05) is 24.4 Å². The average Bonchev–Trinajstić information content (AvgIpc) is 2.19. The third kappa shape index (κ3) is 5.27. The minimum atomic E-state index is -4.24. The van der Waals surface area contributed by atoms with E-state index in [0.717, 1.165) is 5.56 Å². The molecule has 1 aromatic carbocycles. The number of alkyl halides is 3. The first-order valence-corrected chi connectivity index (χ1v) is 5.59. The highest BCUT2D eigenvalue weighted by atomic mass is 32.2. The molecule has 0 saturated heterocycles. The summed E-state index contributed by atoms with van der Waals surface area (Å²) in [5.41, 5.74) is -3.49. The molecule has 0 spiro atoms. The van der Waals surface area contributed by atoms with Gasteiger partial charge in [0.15, 0.2) is 0 Å². The third-order valence-electron chi connectivity index (χ3n) is 1.53. The third-order valence-corrected chi connectivity index (χ3v) is 2.42. The largest absolute Gasteiger partial charge is 0.446 e. The Morgan fingerprint density at radius 3 is 2.38 bits per heavy atom. The van der Waals surface area contributed by atoms with Gasteiger partial charge in [0.1, 0.15) is 0 Å². The van der Waals surface area contributed by atoms with Crippen molar-refractivity contribution in [3.63, 3.8) is 0 Å². The van der Waals surface area contributed by atoms with Crippen LogP contribution in [0.3, 0.4) is 0 Å². The predicted molar refractivity (Wildman–Crippen MR) is 64.5 cm³/mol. The second kappa shape index (κ2) is 6.00. The average molecular weight is 263 g/mol. The Labute approximate surface area is 101 Å². The smallest absolute Gasteiger partial charge is 0.288 e. The van der Waals surface area contributed by atoms with Crippen molar-refractivity contribution in [2.75, 3.05) is 6.54 Å². The quantitative estimate of drug-likeness (QED) is 0.466. The molecule has 0 bridgehead atoms. The summed E-state index contributed by atoms with van der Waals surface area (Å²) in [5.74, 6) is 0. The van der Waals surface area contributed by atoms with Crippen LogP contribution < -0.4 is 0 Å². The summed E-state index contributed by atoms with van der Waals surface area (Å²) in [4.78, 5) is 4.12. The van der Waals surface area contributed by atoms with Crippen LogP contribution >= 0.6 is 24.0 Å². The Morgan fingerprint density at radius 1 is 1.25 bits per heavy atom. The molecule has 0 amide bonds. The Balaban J connectivity index is 2.64. The van der Waals surface area contributed by atoms with Crippen LogP contribution in [-0.2, 0) is 0 Å². The second-order valence-electron chi connectivity index (χ2n) is 2.78. The van der Waals surface area contributed by atoms with E-state index in [4.69, 9.17) is 0 Å². The first kappa shape index (κ1) is 13.2. The molecule has 0 saturated carbocycles. The van der Waals surface area contributed by atoms with Crippen molar-refractivity contribution in [3.8, 4) is 0 Å². The number of thioether (sulfide) groups is 1. The van der Waals surface area contributed by atoms with Gasteiger partial charge in [-0.05, 0) is 29.5 Å². The lowest BCUT2D eigenvalue weighted by Crippen LogP contribution is -1.98. The standard InChI is InChI=1S/C10H8F3NS2/c11-10(12,13)16-9-3-1-8(2-4-9)7-14-5-6-15/h1-4,6-7H,5H2. The molecule has 1 nitrogen and oxygen atoms in total. The molecule has 1 rings (SSSR count). The van der Waals surface area contributed by atoms with E-state index in [0.29, 0.717) is 6.54 Å². The molecular formula is C10H8F3NS2. The molecule has 0 N–H and O–H groups in total. The molecule has 86 valence electrons. The lowest BCUT2D eigenvalue weighted by atomic mass is 10.2. The Hall–Kier alpha value is -0.880. The molecule has 0 aliphatic rings. The molecule has 0 heterocycles. The summed E-state index contributed by atoms with van der Waals surface area (Å²) < 4.78 is 36.0. The number of nitrogens with zero attached hydrogens (tertiary/aromatic N) is 1. The molecule has 16 heavy (non-hydrogen) atoms. The van der Waals surface area contributed by atoms with E-state index in [1.165, 1.54) is 17.5 Å².